The summed E-state index contributed by atoms with van der Waals surface area (Å²) in [6, 6.07) is 17.2. The maximum atomic E-state index is 13.7. The second-order valence-corrected chi connectivity index (χ2v) is 11.5. The summed E-state index contributed by atoms with van der Waals surface area (Å²) in [5.41, 5.74) is 2.21. The minimum atomic E-state index is -3.64. The Kier molecular flexibility index (Phi) is 5.07. The van der Waals surface area contributed by atoms with Crippen LogP contribution in [0.25, 0.3) is 0 Å². The summed E-state index contributed by atoms with van der Waals surface area (Å²) in [5.74, 6) is 1.12. The van der Waals surface area contributed by atoms with Gasteiger partial charge in [0.15, 0.2) is 0 Å². The first-order chi connectivity index (χ1) is 14.4. The molecule has 0 spiro atoms. The van der Waals surface area contributed by atoms with Crippen LogP contribution in [0, 0.1) is 0 Å². The predicted molar refractivity (Wildman–Crippen MR) is 121 cm³/mol. The van der Waals surface area contributed by atoms with Gasteiger partial charge in [0.1, 0.15) is 6.10 Å². The average Bonchev–Trinajstić information content (AvgIpc) is 2.77. The Morgan fingerprint density at radius 3 is 2.47 bits per heavy atom. The lowest BCUT2D eigenvalue weighted by Gasteiger charge is -2.54. The molecule has 5 rings (SSSR count). The fourth-order valence-corrected chi connectivity index (χ4v) is 7.39. The molecular formula is C24H26BrNO3S. The summed E-state index contributed by atoms with van der Waals surface area (Å²) >= 11 is 3.40. The number of halogens is 1. The predicted octanol–water partition coefficient (Wildman–Crippen LogP) is 5.40. The molecule has 0 unspecified atom stereocenters. The van der Waals surface area contributed by atoms with Crippen LogP contribution in [0.15, 0.2) is 75.3 Å². The molecule has 2 bridgehead atoms. The van der Waals surface area contributed by atoms with Gasteiger partial charge < -0.3 is 4.74 Å². The van der Waals surface area contributed by atoms with E-state index in [0.717, 1.165) is 42.3 Å². The highest BCUT2D eigenvalue weighted by Crippen LogP contribution is 2.52. The Morgan fingerprint density at radius 1 is 1.03 bits per heavy atom. The van der Waals surface area contributed by atoms with E-state index in [1.165, 1.54) is 11.1 Å². The van der Waals surface area contributed by atoms with E-state index in [1.807, 2.05) is 13.0 Å². The topological polar surface area (TPSA) is 46.6 Å². The van der Waals surface area contributed by atoms with Crippen LogP contribution in [0.2, 0.25) is 0 Å². The first-order valence-electron chi connectivity index (χ1n) is 10.6. The van der Waals surface area contributed by atoms with Crippen molar-refractivity contribution in [3.63, 3.8) is 0 Å². The molecule has 6 heteroatoms. The van der Waals surface area contributed by atoms with Crippen LogP contribution < -0.4 is 0 Å². The van der Waals surface area contributed by atoms with E-state index in [9.17, 15) is 8.42 Å². The van der Waals surface area contributed by atoms with Gasteiger partial charge >= 0.3 is 0 Å². The van der Waals surface area contributed by atoms with Gasteiger partial charge in [0.2, 0.25) is 10.0 Å². The molecule has 2 aromatic rings. The van der Waals surface area contributed by atoms with E-state index in [4.69, 9.17) is 4.74 Å². The van der Waals surface area contributed by atoms with Crippen molar-refractivity contribution >= 4 is 26.0 Å². The third kappa shape index (κ3) is 3.15. The largest absolute Gasteiger partial charge is 0.493 e. The highest BCUT2D eigenvalue weighted by molar-refractivity contribution is 9.10. The Bertz CT molecular complexity index is 1080. The molecule has 0 radical (unpaired) electrons. The number of ether oxygens (including phenoxy) is 1. The van der Waals surface area contributed by atoms with Crippen LogP contribution in [-0.2, 0) is 20.2 Å². The van der Waals surface area contributed by atoms with Gasteiger partial charge in [0.05, 0.1) is 16.7 Å². The lowest BCUT2D eigenvalue weighted by Crippen LogP contribution is -2.61. The van der Waals surface area contributed by atoms with E-state index < -0.39 is 10.0 Å². The van der Waals surface area contributed by atoms with Crippen molar-refractivity contribution < 1.29 is 13.2 Å². The minimum Gasteiger partial charge on any atom is -0.493 e. The maximum absolute atomic E-state index is 13.7. The van der Waals surface area contributed by atoms with Crippen molar-refractivity contribution in [1.29, 1.82) is 0 Å². The molecule has 1 saturated heterocycles. The minimum absolute atomic E-state index is 0.138. The molecule has 0 saturated carbocycles. The molecule has 4 nitrogen and oxygen atoms in total. The number of rotatable bonds is 3. The summed E-state index contributed by atoms with van der Waals surface area (Å²) in [4.78, 5) is 0.332. The van der Waals surface area contributed by atoms with Gasteiger partial charge in [-0.25, -0.2) is 8.42 Å². The number of nitrogens with zero attached hydrogens (tertiary/aromatic N) is 1. The van der Waals surface area contributed by atoms with Crippen LogP contribution in [0.3, 0.4) is 0 Å². The zero-order valence-electron chi connectivity index (χ0n) is 17.1. The van der Waals surface area contributed by atoms with Crippen LogP contribution in [0.1, 0.15) is 44.6 Å². The average molecular weight is 488 g/mol. The normalized spacial score (nSPS) is 29.3. The zero-order chi connectivity index (χ0) is 20.9. The SMILES string of the molecule is C[C@H]1[C@@H]2C[C@](c3ccccc3)(CN1S(=O)(=O)c1ccc(Br)cc1)C1=C(CCCC1)O2. The molecule has 2 aromatic carbocycles. The van der Waals surface area contributed by atoms with E-state index >= 15 is 0 Å². The smallest absolute Gasteiger partial charge is 0.243 e. The van der Waals surface area contributed by atoms with E-state index in [2.05, 4.69) is 40.2 Å². The number of sulfonamides is 1. The van der Waals surface area contributed by atoms with Gasteiger partial charge in [-0.2, -0.15) is 4.31 Å². The second-order valence-electron chi connectivity index (χ2n) is 8.66. The number of hydrogen-bond acceptors (Lipinski definition) is 3. The molecular weight excluding hydrogens is 462 g/mol. The standard InChI is InChI=1S/C24H26BrNO3S/c1-17-23-15-24(18-7-3-2-4-8-18,21-9-5-6-10-22(21)29-23)16-26(17)30(27,28)20-13-11-19(25)12-14-20/h2-4,7-8,11-14,17,23H,5-6,9-10,15-16H2,1H3/t17-,23-,24+/m0/s1. The van der Waals surface area contributed by atoms with Crippen molar-refractivity contribution in [2.75, 3.05) is 6.54 Å². The van der Waals surface area contributed by atoms with E-state index in [-0.39, 0.29) is 17.6 Å². The molecule has 0 amide bonds. The van der Waals surface area contributed by atoms with Gasteiger partial charge in [0, 0.05) is 29.3 Å². The summed E-state index contributed by atoms with van der Waals surface area (Å²) in [6.45, 7) is 2.46. The lowest BCUT2D eigenvalue weighted by molar-refractivity contribution is -0.0280. The van der Waals surface area contributed by atoms with Gasteiger partial charge in [-0.3, -0.25) is 0 Å². The third-order valence-electron chi connectivity index (χ3n) is 7.00. The highest BCUT2D eigenvalue weighted by Gasteiger charge is 2.54. The number of piperidine rings is 1. The Labute approximate surface area is 187 Å². The third-order valence-corrected chi connectivity index (χ3v) is 9.48. The molecule has 158 valence electrons. The lowest BCUT2D eigenvalue weighted by atomic mass is 9.63. The summed E-state index contributed by atoms with van der Waals surface area (Å²) in [6.07, 6.45) is 4.93. The molecule has 2 heterocycles. The number of allylic oxidation sites excluding steroid dienone is 1. The van der Waals surface area contributed by atoms with Crippen molar-refractivity contribution in [3.8, 4) is 0 Å². The first kappa shape index (κ1) is 20.3. The van der Waals surface area contributed by atoms with Crippen molar-refractivity contribution in [3.05, 3.63) is 76.0 Å². The summed E-state index contributed by atoms with van der Waals surface area (Å²) < 4.78 is 36.4. The van der Waals surface area contributed by atoms with Crippen molar-refractivity contribution in [1.82, 2.24) is 4.31 Å². The van der Waals surface area contributed by atoms with Gasteiger partial charge in [-0.1, -0.05) is 46.3 Å². The molecule has 1 aliphatic carbocycles. The second kappa shape index (κ2) is 7.50. The maximum Gasteiger partial charge on any atom is 0.243 e. The molecule has 1 fully saturated rings. The van der Waals surface area contributed by atoms with Crippen LogP contribution >= 0.6 is 15.9 Å². The van der Waals surface area contributed by atoms with Crippen molar-refractivity contribution in [2.24, 2.45) is 0 Å². The fourth-order valence-electron chi connectivity index (χ4n) is 5.42. The first-order valence-corrected chi connectivity index (χ1v) is 12.9. The quantitative estimate of drug-likeness (QED) is 0.582. The molecule has 3 atom stereocenters. The molecule has 3 aliphatic rings. The summed E-state index contributed by atoms with van der Waals surface area (Å²) in [5, 5.41) is 0. The highest BCUT2D eigenvalue weighted by atomic mass is 79.9. The number of fused-ring (bicyclic) bond motifs is 3. The Morgan fingerprint density at radius 2 is 1.73 bits per heavy atom. The van der Waals surface area contributed by atoms with Crippen LogP contribution in [0.4, 0.5) is 0 Å². The van der Waals surface area contributed by atoms with E-state index in [1.54, 1.807) is 28.6 Å². The molecule has 30 heavy (non-hydrogen) atoms. The van der Waals surface area contributed by atoms with Crippen LogP contribution in [-0.4, -0.2) is 31.4 Å². The van der Waals surface area contributed by atoms with Gasteiger partial charge in [0.25, 0.3) is 0 Å². The Balaban J connectivity index is 1.65. The van der Waals surface area contributed by atoms with Gasteiger partial charge in [-0.15, -0.1) is 0 Å². The fraction of sp³-hybridized carbons (Fsp3) is 0.417. The van der Waals surface area contributed by atoms with Crippen molar-refractivity contribution in [2.45, 2.75) is 61.5 Å². The zero-order valence-corrected chi connectivity index (χ0v) is 19.5. The molecule has 0 N–H and O–H groups in total. The van der Waals surface area contributed by atoms with Crippen LogP contribution in [0.5, 0.6) is 0 Å². The van der Waals surface area contributed by atoms with Gasteiger partial charge in [-0.05, 0) is 61.6 Å². The van der Waals surface area contributed by atoms with E-state index in [0.29, 0.717) is 11.4 Å². The monoisotopic (exact) mass is 487 g/mol. The summed E-state index contributed by atoms with van der Waals surface area (Å²) in [7, 11) is -3.64. The Hall–Kier alpha value is -1.63. The number of hydrogen-bond donors (Lipinski definition) is 0. The number of benzene rings is 2. The molecule has 0 aromatic heterocycles. The molecule has 2 aliphatic heterocycles.